The van der Waals surface area contributed by atoms with Crippen LogP contribution in [0.2, 0.25) is 0 Å². The number of halogens is 1. The van der Waals surface area contributed by atoms with Gasteiger partial charge in [0.15, 0.2) is 11.6 Å². The molecule has 2 aromatic carbocycles. The van der Waals surface area contributed by atoms with E-state index in [0.717, 1.165) is 38.8 Å². The molecule has 3 amide bonds. The highest BCUT2D eigenvalue weighted by Crippen LogP contribution is 2.37. The van der Waals surface area contributed by atoms with Crippen molar-refractivity contribution in [1.82, 2.24) is 15.1 Å². The molecule has 6 rings (SSSR count). The van der Waals surface area contributed by atoms with Gasteiger partial charge in [-0.05, 0) is 48.9 Å². The van der Waals surface area contributed by atoms with Gasteiger partial charge in [0, 0.05) is 43.6 Å². The van der Waals surface area contributed by atoms with Crippen LogP contribution in [0.5, 0.6) is 5.75 Å². The van der Waals surface area contributed by atoms with Gasteiger partial charge in [-0.15, -0.1) is 0 Å². The summed E-state index contributed by atoms with van der Waals surface area (Å²) < 4.78 is 21.4. The van der Waals surface area contributed by atoms with E-state index in [-0.39, 0.29) is 54.7 Å². The van der Waals surface area contributed by atoms with E-state index >= 15 is 4.39 Å². The molecule has 7 nitrogen and oxygen atoms in total. The fraction of sp³-hybridized carbons (Fsp3) is 0.464. The number of hydrogen-bond acceptors (Lipinski definition) is 5. The lowest BCUT2D eigenvalue weighted by molar-refractivity contribution is -0.136. The summed E-state index contributed by atoms with van der Waals surface area (Å²) in [4.78, 5) is 40.7. The second-order valence-electron chi connectivity index (χ2n) is 10.4. The van der Waals surface area contributed by atoms with Crippen molar-refractivity contribution < 1.29 is 23.5 Å². The Morgan fingerprint density at radius 2 is 1.75 bits per heavy atom. The van der Waals surface area contributed by atoms with Crippen LogP contribution in [-0.4, -0.2) is 58.8 Å². The first-order valence-corrected chi connectivity index (χ1v) is 12.9. The molecule has 188 valence electrons. The van der Waals surface area contributed by atoms with Gasteiger partial charge in [-0.25, -0.2) is 4.39 Å². The number of piperidine rings is 1. The third kappa shape index (κ3) is 4.17. The summed E-state index contributed by atoms with van der Waals surface area (Å²) in [5, 5.41) is 2.30. The SMILES string of the molecule is O=C1CC[C@@H](N2Cc3cc(O[C@@H]4CCCC[C@H]4N4CC(c5ccccc5)C4)c(F)cc3C2=O)C(=O)N1. The van der Waals surface area contributed by atoms with E-state index < -0.39 is 17.8 Å². The number of amides is 3. The molecule has 8 heteroatoms. The summed E-state index contributed by atoms with van der Waals surface area (Å²) in [5.41, 5.74) is 2.27. The van der Waals surface area contributed by atoms with Crippen molar-refractivity contribution in [2.45, 2.75) is 69.2 Å². The van der Waals surface area contributed by atoms with Gasteiger partial charge in [0.1, 0.15) is 12.1 Å². The van der Waals surface area contributed by atoms with Gasteiger partial charge < -0.3 is 9.64 Å². The van der Waals surface area contributed by atoms with Gasteiger partial charge in [-0.3, -0.25) is 24.6 Å². The highest BCUT2D eigenvalue weighted by Gasteiger charge is 2.41. The third-order valence-electron chi connectivity index (χ3n) is 8.17. The molecule has 0 spiro atoms. The Bertz CT molecular complexity index is 1200. The third-order valence-corrected chi connectivity index (χ3v) is 8.17. The lowest BCUT2D eigenvalue weighted by Crippen LogP contribution is -2.57. The van der Waals surface area contributed by atoms with E-state index in [4.69, 9.17) is 4.74 Å². The van der Waals surface area contributed by atoms with Gasteiger partial charge >= 0.3 is 0 Å². The van der Waals surface area contributed by atoms with Gasteiger partial charge in [-0.1, -0.05) is 36.8 Å². The second kappa shape index (κ2) is 9.32. The maximum Gasteiger partial charge on any atom is 0.255 e. The molecular formula is C28H30FN3O4. The summed E-state index contributed by atoms with van der Waals surface area (Å²) >= 11 is 0. The van der Waals surface area contributed by atoms with Crippen molar-refractivity contribution >= 4 is 17.7 Å². The van der Waals surface area contributed by atoms with Crippen LogP contribution in [0.4, 0.5) is 4.39 Å². The van der Waals surface area contributed by atoms with E-state index in [1.807, 2.05) is 6.07 Å². The minimum Gasteiger partial charge on any atom is -0.486 e. The first-order valence-electron chi connectivity index (χ1n) is 12.9. The summed E-state index contributed by atoms with van der Waals surface area (Å²) in [6.07, 6.45) is 4.44. The maximum absolute atomic E-state index is 15.1. The molecule has 4 aliphatic rings. The standard InChI is InChI=1S/C28H30FN3O4/c29-21-13-20-18(16-32(28(20)35)23-10-11-26(33)30-27(23)34)12-25(21)36-24-9-5-4-8-22(24)31-14-19(15-31)17-6-2-1-3-7-17/h1-3,6-7,12-13,19,22-24H,4-5,8-11,14-16H2,(H,30,33,34)/t22-,23-,24-/m1/s1. The molecule has 0 unspecified atom stereocenters. The molecule has 1 N–H and O–H groups in total. The summed E-state index contributed by atoms with van der Waals surface area (Å²) in [6, 6.07) is 12.9. The fourth-order valence-electron chi connectivity index (χ4n) is 6.17. The Morgan fingerprint density at radius 3 is 2.53 bits per heavy atom. The zero-order chi connectivity index (χ0) is 24.8. The molecule has 2 saturated heterocycles. The zero-order valence-electron chi connectivity index (χ0n) is 20.1. The predicted octanol–water partition coefficient (Wildman–Crippen LogP) is 3.38. The molecule has 3 heterocycles. The zero-order valence-corrected chi connectivity index (χ0v) is 20.1. The number of hydrogen-bond donors (Lipinski definition) is 1. The monoisotopic (exact) mass is 491 g/mol. The van der Waals surface area contributed by atoms with Gasteiger partial charge in [0.05, 0.1) is 0 Å². The number of likely N-dealkylation sites (tertiary alicyclic amines) is 1. The summed E-state index contributed by atoms with van der Waals surface area (Å²) in [5.74, 6) is -1.05. The minimum absolute atomic E-state index is 0.105. The minimum atomic E-state index is -0.721. The Balaban J connectivity index is 1.15. The van der Waals surface area contributed by atoms with Crippen molar-refractivity contribution in [1.29, 1.82) is 0 Å². The quantitative estimate of drug-likeness (QED) is 0.649. The Kier molecular flexibility index (Phi) is 5.99. The number of imide groups is 1. The first-order chi connectivity index (χ1) is 17.5. The van der Waals surface area contributed by atoms with Gasteiger partial charge in [0.25, 0.3) is 5.91 Å². The van der Waals surface area contributed by atoms with E-state index in [9.17, 15) is 14.4 Å². The van der Waals surface area contributed by atoms with Crippen LogP contribution in [0.15, 0.2) is 42.5 Å². The van der Waals surface area contributed by atoms with E-state index in [1.54, 1.807) is 6.07 Å². The number of rotatable bonds is 5. The topological polar surface area (TPSA) is 79.0 Å². The molecule has 36 heavy (non-hydrogen) atoms. The van der Waals surface area contributed by atoms with E-state index in [2.05, 4.69) is 34.5 Å². The van der Waals surface area contributed by atoms with Crippen molar-refractivity contribution in [2.75, 3.05) is 13.1 Å². The van der Waals surface area contributed by atoms with Crippen LogP contribution in [-0.2, 0) is 16.1 Å². The van der Waals surface area contributed by atoms with Crippen molar-refractivity contribution in [3.05, 3.63) is 65.0 Å². The van der Waals surface area contributed by atoms with E-state index in [0.29, 0.717) is 11.5 Å². The van der Waals surface area contributed by atoms with Crippen molar-refractivity contribution in [3.8, 4) is 5.75 Å². The number of ether oxygens (including phenoxy) is 1. The lowest BCUT2D eigenvalue weighted by Gasteiger charge is -2.48. The average Bonchev–Trinajstić information content (AvgIpc) is 3.15. The van der Waals surface area contributed by atoms with Gasteiger partial charge in [0.2, 0.25) is 11.8 Å². The Labute approximate surface area is 209 Å². The maximum atomic E-state index is 15.1. The van der Waals surface area contributed by atoms with Crippen LogP contribution in [0.3, 0.4) is 0 Å². The number of carbonyl (C=O) groups is 3. The molecule has 3 aliphatic heterocycles. The van der Waals surface area contributed by atoms with Gasteiger partial charge in [-0.2, -0.15) is 0 Å². The molecule has 0 radical (unpaired) electrons. The Morgan fingerprint density at radius 1 is 0.972 bits per heavy atom. The van der Waals surface area contributed by atoms with Crippen LogP contribution in [0, 0.1) is 5.82 Å². The number of nitrogens with zero attached hydrogens (tertiary/aromatic N) is 2. The predicted molar refractivity (Wildman–Crippen MR) is 130 cm³/mol. The average molecular weight is 492 g/mol. The normalized spacial score (nSPS) is 27.0. The number of carbonyl (C=O) groups excluding carboxylic acids is 3. The van der Waals surface area contributed by atoms with Crippen molar-refractivity contribution in [3.63, 3.8) is 0 Å². The molecule has 0 bridgehead atoms. The highest BCUT2D eigenvalue weighted by atomic mass is 19.1. The number of nitrogens with one attached hydrogen (secondary N) is 1. The molecule has 3 fully saturated rings. The molecule has 1 aliphatic carbocycles. The largest absolute Gasteiger partial charge is 0.486 e. The molecule has 2 aromatic rings. The van der Waals surface area contributed by atoms with Crippen LogP contribution in [0.1, 0.15) is 65.9 Å². The van der Waals surface area contributed by atoms with Crippen LogP contribution in [0.25, 0.3) is 0 Å². The van der Waals surface area contributed by atoms with Crippen LogP contribution >= 0.6 is 0 Å². The molecule has 0 aromatic heterocycles. The second-order valence-corrected chi connectivity index (χ2v) is 10.4. The highest BCUT2D eigenvalue weighted by molar-refractivity contribution is 6.05. The molecule has 1 saturated carbocycles. The van der Waals surface area contributed by atoms with Crippen LogP contribution < -0.4 is 10.1 Å². The number of benzene rings is 2. The molecular weight excluding hydrogens is 461 g/mol. The smallest absolute Gasteiger partial charge is 0.255 e. The summed E-state index contributed by atoms with van der Waals surface area (Å²) in [7, 11) is 0. The van der Waals surface area contributed by atoms with Crippen molar-refractivity contribution in [2.24, 2.45) is 0 Å². The van der Waals surface area contributed by atoms with E-state index in [1.165, 1.54) is 16.5 Å². The first kappa shape index (κ1) is 23.2. The lowest BCUT2D eigenvalue weighted by atomic mass is 9.84. The number of fused-ring (bicyclic) bond motifs is 1. The molecule has 3 atom stereocenters. The Hall–Kier alpha value is -3.26. The fourth-order valence-corrected chi connectivity index (χ4v) is 6.17. The summed E-state index contributed by atoms with van der Waals surface area (Å²) in [6.45, 7) is 2.17.